The maximum absolute atomic E-state index is 10.3. The Morgan fingerprint density at radius 2 is 1.61 bits per heavy atom. The Labute approximate surface area is 206 Å². The SMILES string of the molecule is CC(C)(c1ccc(OC[C@@H](O)CN2CCNCC2)cc1)c1ccc(OC[C@H](O)CCl)c(Cl)c1. The molecular formula is C25H34Cl2N2O4. The van der Waals surface area contributed by atoms with Crippen LogP contribution in [0.4, 0.5) is 0 Å². The number of aliphatic hydroxyl groups is 2. The Hall–Kier alpha value is -1.54. The van der Waals surface area contributed by atoms with Gasteiger partial charge in [0.15, 0.2) is 0 Å². The van der Waals surface area contributed by atoms with Crippen LogP contribution in [-0.2, 0) is 5.41 Å². The number of rotatable bonds is 11. The molecule has 0 spiro atoms. The van der Waals surface area contributed by atoms with Crippen LogP contribution in [0.25, 0.3) is 0 Å². The van der Waals surface area contributed by atoms with Gasteiger partial charge in [0.05, 0.1) is 10.9 Å². The summed E-state index contributed by atoms with van der Waals surface area (Å²) in [4.78, 5) is 2.25. The van der Waals surface area contributed by atoms with Crippen LogP contribution in [0.2, 0.25) is 5.02 Å². The highest BCUT2D eigenvalue weighted by atomic mass is 35.5. The van der Waals surface area contributed by atoms with Crippen molar-refractivity contribution in [2.24, 2.45) is 0 Å². The molecule has 1 saturated heterocycles. The molecule has 0 aromatic heterocycles. The molecule has 2 aromatic carbocycles. The molecule has 0 radical (unpaired) electrons. The second-order valence-corrected chi connectivity index (χ2v) is 9.64. The molecule has 182 valence electrons. The summed E-state index contributed by atoms with van der Waals surface area (Å²) in [6.07, 6.45) is -1.25. The Balaban J connectivity index is 1.57. The van der Waals surface area contributed by atoms with Crippen molar-refractivity contribution < 1.29 is 19.7 Å². The van der Waals surface area contributed by atoms with E-state index in [1.54, 1.807) is 0 Å². The van der Waals surface area contributed by atoms with E-state index >= 15 is 0 Å². The smallest absolute Gasteiger partial charge is 0.138 e. The summed E-state index contributed by atoms with van der Waals surface area (Å²) in [5.74, 6) is 1.36. The van der Waals surface area contributed by atoms with E-state index in [2.05, 4.69) is 24.1 Å². The number of hydrogen-bond acceptors (Lipinski definition) is 6. The largest absolute Gasteiger partial charge is 0.491 e. The third-order valence-electron chi connectivity index (χ3n) is 5.96. The fourth-order valence-corrected chi connectivity index (χ4v) is 4.13. The summed E-state index contributed by atoms with van der Waals surface area (Å²) >= 11 is 12.0. The van der Waals surface area contributed by atoms with Gasteiger partial charge in [-0.3, -0.25) is 4.90 Å². The number of halogens is 2. The third kappa shape index (κ3) is 7.47. The van der Waals surface area contributed by atoms with E-state index in [0.717, 1.165) is 43.1 Å². The second kappa shape index (κ2) is 12.2. The molecule has 2 aromatic rings. The number of piperazine rings is 1. The van der Waals surface area contributed by atoms with Crippen molar-refractivity contribution in [3.05, 3.63) is 58.6 Å². The number of hydrogen-bond donors (Lipinski definition) is 3. The summed E-state index contributed by atoms with van der Waals surface area (Å²) < 4.78 is 11.4. The molecule has 2 atom stereocenters. The maximum atomic E-state index is 10.3. The molecule has 1 aliphatic rings. The van der Waals surface area contributed by atoms with Gasteiger partial charge in [-0.25, -0.2) is 0 Å². The Kier molecular flexibility index (Phi) is 9.68. The highest BCUT2D eigenvalue weighted by Gasteiger charge is 2.24. The zero-order chi connectivity index (χ0) is 23.8. The lowest BCUT2D eigenvalue weighted by atomic mass is 9.78. The van der Waals surface area contributed by atoms with Crippen molar-refractivity contribution in [2.75, 3.05) is 51.8 Å². The maximum Gasteiger partial charge on any atom is 0.138 e. The van der Waals surface area contributed by atoms with E-state index in [0.29, 0.717) is 17.3 Å². The van der Waals surface area contributed by atoms with E-state index in [-0.39, 0.29) is 24.5 Å². The van der Waals surface area contributed by atoms with Crippen molar-refractivity contribution in [3.8, 4) is 11.5 Å². The molecule has 6 nitrogen and oxygen atoms in total. The minimum atomic E-state index is -0.734. The molecule has 8 heteroatoms. The van der Waals surface area contributed by atoms with Crippen LogP contribution in [0, 0.1) is 0 Å². The number of nitrogens with zero attached hydrogens (tertiary/aromatic N) is 1. The first kappa shape index (κ1) is 26.1. The Morgan fingerprint density at radius 1 is 0.970 bits per heavy atom. The normalized spacial score (nSPS) is 16.9. The van der Waals surface area contributed by atoms with Gasteiger partial charge in [0.2, 0.25) is 0 Å². The fraction of sp³-hybridized carbons (Fsp3) is 0.520. The summed E-state index contributed by atoms with van der Waals surface area (Å²) in [6, 6.07) is 13.6. The lowest BCUT2D eigenvalue weighted by Crippen LogP contribution is -2.47. The van der Waals surface area contributed by atoms with E-state index in [9.17, 15) is 10.2 Å². The fourth-order valence-electron chi connectivity index (χ4n) is 3.81. The van der Waals surface area contributed by atoms with E-state index in [1.165, 1.54) is 0 Å². The molecule has 1 fully saturated rings. The van der Waals surface area contributed by atoms with Crippen LogP contribution in [-0.4, -0.2) is 79.1 Å². The van der Waals surface area contributed by atoms with Gasteiger partial charge >= 0.3 is 0 Å². The first-order chi connectivity index (χ1) is 15.8. The Bertz CT molecular complexity index is 873. The van der Waals surface area contributed by atoms with Crippen LogP contribution in [0.3, 0.4) is 0 Å². The van der Waals surface area contributed by atoms with Crippen molar-refractivity contribution in [3.63, 3.8) is 0 Å². The van der Waals surface area contributed by atoms with Gasteiger partial charge in [-0.05, 0) is 35.4 Å². The highest BCUT2D eigenvalue weighted by molar-refractivity contribution is 6.32. The number of benzene rings is 2. The van der Waals surface area contributed by atoms with Gasteiger partial charge in [0, 0.05) is 38.1 Å². The van der Waals surface area contributed by atoms with Crippen LogP contribution in [0.1, 0.15) is 25.0 Å². The van der Waals surface area contributed by atoms with Gasteiger partial charge in [-0.15, -0.1) is 11.6 Å². The molecule has 0 unspecified atom stereocenters. The predicted molar refractivity (Wildman–Crippen MR) is 133 cm³/mol. The average Bonchev–Trinajstić information content (AvgIpc) is 2.82. The summed E-state index contributed by atoms with van der Waals surface area (Å²) in [7, 11) is 0. The van der Waals surface area contributed by atoms with Gasteiger partial charge in [-0.2, -0.15) is 0 Å². The van der Waals surface area contributed by atoms with Gasteiger partial charge in [0.25, 0.3) is 0 Å². The zero-order valence-electron chi connectivity index (χ0n) is 19.3. The first-order valence-corrected chi connectivity index (χ1v) is 12.2. The van der Waals surface area contributed by atoms with E-state index in [4.69, 9.17) is 32.7 Å². The minimum absolute atomic E-state index is 0.0946. The van der Waals surface area contributed by atoms with Crippen molar-refractivity contribution in [1.29, 1.82) is 0 Å². The number of ether oxygens (including phenoxy) is 2. The molecule has 33 heavy (non-hydrogen) atoms. The molecule has 0 bridgehead atoms. The lowest BCUT2D eigenvalue weighted by Gasteiger charge is -2.29. The standard InChI is InChI=1S/C25H34Cl2N2O4/c1-25(2,19-5-8-24(23(27)13-19)33-16-20(30)14-26)18-3-6-22(7-4-18)32-17-21(31)15-29-11-9-28-10-12-29/h3-8,13,20-21,28,30-31H,9-12,14-17H2,1-2H3/t20-,21+/m1/s1. The number of β-amino-alcohol motifs (C(OH)–C–C–N with tert-alkyl or cyclic N) is 1. The van der Waals surface area contributed by atoms with Gasteiger partial charge in [0.1, 0.15) is 36.9 Å². The molecular weight excluding hydrogens is 463 g/mol. The van der Waals surface area contributed by atoms with Crippen molar-refractivity contribution in [2.45, 2.75) is 31.5 Å². The average molecular weight is 497 g/mol. The molecule has 1 heterocycles. The van der Waals surface area contributed by atoms with Crippen molar-refractivity contribution >= 4 is 23.2 Å². The molecule has 3 N–H and O–H groups in total. The van der Waals surface area contributed by atoms with E-state index in [1.807, 2.05) is 42.5 Å². The highest BCUT2D eigenvalue weighted by Crippen LogP contribution is 2.36. The third-order valence-corrected chi connectivity index (χ3v) is 6.61. The molecule has 0 amide bonds. The monoisotopic (exact) mass is 496 g/mol. The van der Waals surface area contributed by atoms with E-state index < -0.39 is 12.2 Å². The van der Waals surface area contributed by atoms with Crippen molar-refractivity contribution in [1.82, 2.24) is 10.2 Å². The molecule has 0 saturated carbocycles. The summed E-state index contributed by atoms with van der Waals surface area (Å²) in [5.41, 5.74) is 1.86. The number of alkyl halides is 1. The minimum Gasteiger partial charge on any atom is -0.491 e. The zero-order valence-corrected chi connectivity index (χ0v) is 20.8. The number of nitrogens with one attached hydrogen (secondary N) is 1. The molecule has 1 aliphatic heterocycles. The lowest BCUT2D eigenvalue weighted by molar-refractivity contribution is 0.0641. The van der Waals surface area contributed by atoms with Crippen LogP contribution < -0.4 is 14.8 Å². The van der Waals surface area contributed by atoms with Crippen LogP contribution >= 0.6 is 23.2 Å². The van der Waals surface area contributed by atoms with Crippen LogP contribution in [0.5, 0.6) is 11.5 Å². The quantitative estimate of drug-likeness (QED) is 0.414. The topological polar surface area (TPSA) is 74.2 Å². The van der Waals surface area contributed by atoms with Crippen LogP contribution in [0.15, 0.2) is 42.5 Å². The first-order valence-electron chi connectivity index (χ1n) is 11.3. The van der Waals surface area contributed by atoms with Gasteiger partial charge < -0.3 is 25.0 Å². The molecule has 3 rings (SSSR count). The molecule has 0 aliphatic carbocycles. The van der Waals surface area contributed by atoms with Gasteiger partial charge in [-0.1, -0.05) is 43.6 Å². The second-order valence-electron chi connectivity index (χ2n) is 8.93. The Morgan fingerprint density at radius 3 is 2.24 bits per heavy atom. The summed E-state index contributed by atoms with van der Waals surface area (Å²) in [5, 5.41) is 23.7. The number of aliphatic hydroxyl groups excluding tert-OH is 2. The predicted octanol–water partition coefficient (Wildman–Crippen LogP) is 3.29. The summed E-state index contributed by atoms with van der Waals surface area (Å²) in [6.45, 7) is 9.07.